The molecule has 0 bridgehead atoms. The molecule has 2 amide bonds. The maximum Gasteiger partial charge on any atom is 0.410 e. The van der Waals surface area contributed by atoms with Crippen LogP contribution < -0.4 is 5.32 Å². The number of carbonyl (C=O) groups is 2. The Bertz CT molecular complexity index is 1050. The molecule has 1 unspecified atom stereocenters. The highest BCUT2D eigenvalue weighted by Crippen LogP contribution is 2.30. The summed E-state index contributed by atoms with van der Waals surface area (Å²) >= 11 is 2.53. The van der Waals surface area contributed by atoms with Gasteiger partial charge >= 0.3 is 6.09 Å². The van der Waals surface area contributed by atoms with E-state index in [0.29, 0.717) is 54.8 Å². The first-order chi connectivity index (χ1) is 14.9. The molecule has 0 aromatic carbocycles. The van der Waals surface area contributed by atoms with E-state index < -0.39 is 15.9 Å². The van der Waals surface area contributed by atoms with Crippen molar-refractivity contribution in [3.63, 3.8) is 0 Å². The van der Waals surface area contributed by atoms with Gasteiger partial charge in [-0.25, -0.2) is 18.2 Å². The summed E-state index contributed by atoms with van der Waals surface area (Å²) in [6.45, 7) is 3.62. The van der Waals surface area contributed by atoms with Crippen LogP contribution in [-0.4, -0.2) is 60.8 Å². The second kappa shape index (κ2) is 9.23. The molecule has 2 aliphatic heterocycles. The quantitative estimate of drug-likeness (QED) is 0.699. The van der Waals surface area contributed by atoms with Gasteiger partial charge in [-0.05, 0) is 31.2 Å². The first-order valence-corrected chi connectivity index (χ1v) is 13.3. The number of piperidine rings is 1. The maximum atomic E-state index is 12.8. The summed E-state index contributed by atoms with van der Waals surface area (Å²) in [6.07, 6.45) is 1.52. The van der Waals surface area contributed by atoms with Crippen molar-refractivity contribution < 1.29 is 22.7 Å². The highest BCUT2D eigenvalue weighted by Gasteiger charge is 2.34. The van der Waals surface area contributed by atoms with Gasteiger partial charge < -0.3 is 15.0 Å². The second-order valence-corrected chi connectivity index (χ2v) is 11.6. The fraction of sp³-hybridized carbons (Fsp3) is 0.526. The number of sulfonamides is 1. The number of thiazole rings is 1. The van der Waals surface area contributed by atoms with Gasteiger partial charge in [0.2, 0.25) is 5.91 Å². The molecule has 168 valence electrons. The standard InChI is InChI=1S/C19H24N4O5S3/c1-2-28-19(25)22-9-7-14-15(12-22)30-18(20-14)21-17(24)13-5-3-8-23(11-13)31(26,27)16-6-4-10-29-16/h4,6,10,13H,2-3,5,7-9,11-12H2,1H3,(H,20,21,24). The topological polar surface area (TPSA) is 109 Å². The number of anilines is 1. The molecule has 1 N–H and O–H groups in total. The Morgan fingerprint density at radius 3 is 2.94 bits per heavy atom. The molecule has 2 aromatic heterocycles. The lowest BCUT2D eigenvalue weighted by Crippen LogP contribution is -2.43. The summed E-state index contributed by atoms with van der Waals surface area (Å²) in [4.78, 5) is 31.9. The number of nitrogens with one attached hydrogen (secondary N) is 1. The molecular weight excluding hydrogens is 460 g/mol. The first-order valence-electron chi connectivity index (χ1n) is 10.1. The van der Waals surface area contributed by atoms with Gasteiger partial charge in [-0.2, -0.15) is 4.31 Å². The number of nitrogens with zero attached hydrogens (tertiary/aromatic N) is 3. The van der Waals surface area contributed by atoms with E-state index in [2.05, 4.69) is 10.3 Å². The zero-order valence-electron chi connectivity index (χ0n) is 17.1. The van der Waals surface area contributed by atoms with Crippen molar-refractivity contribution in [3.05, 3.63) is 28.1 Å². The third-order valence-corrected chi connectivity index (χ3v) is 9.57. The zero-order chi connectivity index (χ0) is 22.0. The molecule has 1 fully saturated rings. The minimum absolute atomic E-state index is 0.161. The van der Waals surface area contributed by atoms with Gasteiger partial charge in [0, 0.05) is 30.9 Å². The number of fused-ring (bicyclic) bond motifs is 1. The average molecular weight is 485 g/mol. The molecule has 1 atom stereocenters. The first kappa shape index (κ1) is 22.2. The number of hydrogen-bond acceptors (Lipinski definition) is 8. The predicted octanol–water partition coefficient (Wildman–Crippen LogP) is 2.76. The van der Waals surface area contributed by atoms with Crippen LogP contribution in [0.15, 0.2) is 21.7 Å². The third-order valence-electron chi connectivity index (χ3n) is 5.33. The van der Waals surface area contributed by atoms with Gasteiger partial charge in [0.15, 0.2) is 5.13 Å². The van der Waals surface area contributed by atoms with Gasteiger partial charge in [0.1, 0.15) is 4.21 Å². The van der Waals surface area contributed by atoms with Crippen molar-refractivity contribution in [3.8, 4) is 0 Å². The number of thiophene rings is 1. The summed E-state index contributed by atoms with van der Waals surface area (Å²) < 4.78 is 32.3. The van der Waals surface area contributed by atoms with Crippen molar-refractivity contribution >= 4 is 49.8 Å². The van der Waals surface area contributed by atoms with Crippen LogP contribution in [0.3, 0.4) is 0 Å². The van der Waals surface area contributed by atoms with Crippen molar-refractivity contribution in [2.24, 2.45) is 5.92 Å². The molecule has 9 nitrogen and oxygen atoms in total. The van der Waals surface area contributed by atoms with Gasteiger partial charge in [0.25, 0.3) is 10.0 Å². The Morgan fingerprint density at radius 1 is 1.35 bits per heavy atom. The summed E-state index contributed by atoms with van der Waals surface area (Å²) in [5.74, 6) is -0.653. The molecule has 12 heteroatoms. The van der Waals surface area contributed by atoms with Crippen molar-refractivity contribution in [1.82, 2.24) is 14.2 Å². The summed E-state index contributed by atoms with van der Waals surface area (Å²) in [5, 5.41) is 5.08. The van der Waals surface area contributed by atoms with Crippen LogP contribution in [-0.2, 0) is 32.5 Å². The number of rotatable bonds is 5. The molecular formula is C19H24N4O5S3. The molecule has 1 saturated heterocycles. The summed E-state index contributed by atoms with van der Waals surface area (Å²) in [6, 6.07) is 3.29. The minimum atomic E-state index is -3.57. The van der Waals surface area contributed by atoms with E-state index in [-0.39, 0.29) is 18.5 Å². The Morgan fingerprint density at radius 2 is 2.19 bits per heavy atom. The largest absolute Gasteiger partial charge is 0.450 e. The van der Waals surface area contributed by atoms with Crippen molar-refractivity contribution in [1.29, 1.82) is 0 Å². The van der Waals surface area contributed by atoms with Crippen LogP contribution >= 0.6 is 22.7 Å². The van der Waals surface area contributed by atoms with Crippen LogP contribution in [0.5, 0.6) is 0 Å². The number of ether oxygens (including phenoxy) is 1. The van der Waals surface area contributed by atoms with Crippen molar-refractivity contribution in [2.45, 2.75) is 36.9 Å². The molecule has 2 aliphatic rings. The number of amides is 2. The monoisotopic (exact) mass is 484 g/mol. The van der Waals surface area contributed by atoms with Gasteiger partial charge in [-0.3, -0.25) is 4.79 Å². The number of hydrogen-bond donors (Lipinski definition) is 1. The normalized spacial score (nSPS) is 19.6. The Hall–Kier alpha value is -2.02. The summed E-state index contributed by atoms with van der Waals surface area (Å²) in [7, 11) is -3.57. The van der Waals surface area contributed by atoms with Crippen LogP contribution in [0.2, 0.25) is 0 Å². The lowest BCUT2D eigenvalue weighted by Gasteiger charge is -2.30. The van der Waals surface area contributed by atoms with Gasteiger partial charge in [-0.15, -0.1) is 11.3 Å². The molecule has 0 radical (unpaired) electrons. The van der Waals surface area contributed by atoms with Crippen LogP contribution in [0.4, 0.5) is 9.93 Å². The molecule has 31 heavy (non-hydrogen) atoms. The van der Waals surface area contributed by atoms with E-state index in [1.54, 1.807) is 29.3 Å². The Labute approximate surface area is 189 Å². The third kappa shape index (κ3) is 4.76. The fourth-order valence-electron chi connectivity index (χ4n) is 3.74. The van der Waals surface area contributed by atoms with Crippen LogP contribution in [0.1, 0.15) is 30.3 Å². The van der Waals surface area contributed by atoms with E-state index in [1.807, 2.05) is 0 Å². The zero-order valence-corrected chi connectivity index (χ0v) is 19.5. The van der Waals surface area contributed by atoms with Gasteiger partial charge in [0.05, 0.1) is 24.8 Å². The lowest BCUT2D eigenvalue weighted by molar-refractivity contribution is -0.120. The minimum Gasteiger partial charge on any atom is -0.450 e. The second-order valence-electron chi connectivity index (χ2n) is 7.38. The van der Waals surface area contributed by atoms with Crippen LogP contribution in [0, 0.1) is 5.92 Å². The molecule has 4 rings (SSSR count). The Kier molecular flexibility index (Phi) is 6.60. The fourth-order valence-corrected chi connectivity index (χ4v) is 7.43. The Balaban J connectivity index is 1.39. The molecule has 0 saturated carbocycles. The molecule has 2 aromatic rings. The van der Waals surface area contributed by atoms with Gasteiger partial charge in [-0.1, -0.05) is 17.4 Å². The number of aromatic nitrogens is 1. The highest BCUT2D eigenvalue weighted by molar-refractivity contribution is 7.91. The number of carbonyl (C=O) groups excluding carboxylic acids is 2. The van der Waals surface area contributed by atoms with E-state index in [4.69, 9.17) is 4.74 Å². The van der Waals surface area contributed by atoms with E-state index >= 15 is 0 Å². The van der Waals surface area contributed by atoms with Crippen LogP contribution in [0.25, 0.3) is 0 Å². The van der Waals surface area contributed by atoms with E-state index in [0.717, 1.165) is 10.6 Å². The SMILES string of the molecule is CCOC(=O)N1CCc2nc(NC(=O)C3CCCN(S(=O)(=O)c4cccs4)C3)sc2C1. The average Bonchev–Trinajstić information content (AvgIpc) is 3.43. The smallest absolute Gasteiger partial charge is 0.410 e. The summed E-state index contributed by atoms with van der Waals surface area (Å²) in [5.41, 5.74) is 0.881. The molecule has 4 heterocycles. The molecule has 0 spiro atoms. The van der Waals surface area contributed by atoms with Crippen molar-refractivity contribution in [2.75, 3.05) is 31.6 Å². The van der Waals surface area contributed by atoms with E-state index in [1.165, 1.54) is 27.0 Å². The highest BCUT2D eigenvalue weighted by atomic mass is 32.2. The lowest BCUT2D eigenvalue weighted by atomic mass is 9.99. The maximum absolute atomic E-state index is 12.8. The molecule has 0 aliphatic carbocycles. The van der Waals surface area contributed by atoms with E-state index in [9.17, 15) is 18.0 Å². The predicted molar refractivity (Wildman–Crippen MR) is 118 cm³/mol.